The van der Waals surface area contributed by atoms with Crippen LogP contribution in [0.15, 0.2) is 54.6 Å². The third kappa shape index (κ3) is 7.60. The molecule has 2 aromatic rings. The van der Waals surface area contributed by atoms with E-state index in [2.05, 4.69) is 10.6 Å². The summed E-state index contributed by atoms with van der Waals surface area (Å²) >= 11 is 0. The zero-order valence-electron chi connectivity index (χ0n) is 18.6. The van der Waals surface area contributed by atoms with Crippen molar-refractivity contribution in [3.05, 3.63) is 71.3 Å². The summed E-state index contributed by atoms with van der Waals surface area (Å²) in [6.45, 7) is 0.295. The summed E-state index contributed by atoms with van der Waals surface area (Å²) in [6.07, 6.45) is -2.34. The van der Waals surface area contributed by atoms with Crippen LogP contribution in [0.2, 0.25) is 0 Å². The first-order chi connectivity index (χ1) is 16.2. The lowest BCUT2D eigenvalue weighted by atomic mass is 9.81. The van der Waals surface area contributed by atoms with Crippen LogP contribution in [-0.2, 0) is 22.3 Å². The number of halogens is 3. The van der Waals surface area contributed by atoms with Crippen molar-refractivity contribution >= 4 is 17.8 Å². The normalized spacial score (nSPS) is 18.1. The molecule has 1 aliphatic carbocycles. The minimum Gasteiger partial charge on any atom is -0.445 e. The van der Waals surface area contributed by atoms with Gasteiger partial charge in [-0.2, -0.15) is 13.2 Å². The molecule has 9 heteroatoms. The van der Waals surface area contributed by atoms with Gasteiger partial charge in [0.15, 0.2) is 5.78 Å². The molecular formula is C25H27F3N2O4. The highest BCUT2D eigenvalue weighted by molar-refractivity contribution is 5.99. The van der Waals surface area contributed by atoms with Crippen LogP contribution in [0.25, 0.3) is 0 Å². The number of nitrogens with one attached hydrogen (secondary N) is 2. The van der Waals surface area contributed by atoms with Crippen molar-refractivity contribution in [3.8, 4) is 0 Å². The van der Waals surface area contributed by atoms with Gasteiger partial charge >= 0.3 is 12.3 Å². The number of ketones is 1. The zero-order chi connectivity index (χ0) is 24.6. The van der Waals surface area contributed by atoms with Crippen molar-refractivity contribution in [2.75, 3.05) is 13.1 Å². The van der Waals surface area contributed by atoms with E-state index in [0.717, 1.165) is 30.5 Å². The van der Waals surface area contributed by atoms with Gasteiger partial charge in [0.25, 0.3) is 0 Å². The van der Waals surface area contributed by atoms with E-state index in [0.29, 0.717) is 19.4 Å². The van der Waals surface area contributed by atoms with Crippen LogP contribution >= 0.6 is 0 Å². The van der Waals surface area contributed by atoms with Crippen molar-refractivity contribution in [1.82, 2.24) is 10.6 Å². The van der Waals surface area contributed by atoms with E-state index >= 15 is 0 Å². The summed E-state index contributed by atoms with van der Waals surface area (Å²) in [5.41, 5.74) is -0.0969. The predicted octanol–water partition coefficient (Wildman–Crippen LogP) is 4.74. The molecule has 3 rings (SSSR count). The Kier molecular flexibility index (Phi) is 8.67. The van der Waals surface area contributed by atoms with E-state index < -0.39 is 23.6 Å². The van der Waals surface area contributed by atoms with Crippen LogP contribution in [0, 0.1) is 11.8 Å². The van der Waals surface area contributed by atoms with Gasteiger partial charge in [0.05, 0.1) is 12.1 Å². The number of hydrogen-bond donors (Lipinski definition) is 2. The fraction of sp³-hybridized carbons (Fsp3) is 0.400. The van der Waals surface area contributed by atoms with Gasteiger partial charge in [-0.25, -0.2) is 4.79 Å². The Morgan fingerprint density at radius 2 is 1.62 bits per heavy atom. The fourth-order valence-electron chi connectivity index (χ4n) is 3.91. The van der Waals surface area contributed by atoms with Gasteiger partial charge in [0, 0.05) is 18.0 Å². The van der Waals surface area contributed by atoms with E-state index in [9.17, 15) is 27.6 Å². The molecule has 2 amide bonds. The number of Topliss-reactive ketones (excluding diaryl/α,β-unsaturated/α-hetero) is 1. The third-order valence-electron chi connectivity index (χ3n) is 5.90. The summed E-state index contributed by atoms with van der Waals surface area (Å²) in [4.78, 5) is 36.5. The first kappa shape index (κ1) is 25.3. The number of carbonyl (C=O) groups is 3. The predicted molar refractivity (Wildman–Crippen MR) is 119 cm³/mol. The molecule has 2 aromatic carbocycles. The Labute approximate surface area is 195 Å². The monoisotopic (exact) mass is 476 g/mol. The third-order valence-corrected chi connectivity index (χ3v) is 5.90. The van der Waals surface area contributed by atoms with Gasteiger partial charge in [0.1, 0.15) is 6.61 Å². The Balaban J connectivity index is 1.35. The van der Waals surface area contributed by atoms with E-state index in [1.807, 2.05) is 30.3 Å². The topological polar surface area (TPSA) is 84.5 Å². The molecule has 0 aromatic heterocycles. The zero-order valence-corrected chi connectivity index (χ0v) is 18.6. The average molecular weight is 476 g/mol. The molecule has 1 aliphatic rings. The maximum atomic E-state index is 12.8. The molecule has 0 spiro atoms. The molecule has 0 atom stereocenters. The fourth-order valence-corrected chi connectivity index (χ4v) is 3.91. The molecule has 0 unspecified atom stereocenters. The lowest BCUT2D eigenvalue weighted by Gasteiger charge is -2.27. The highest BCUT2D eigenvalue weighted by Gasteiger charge is 2.31. The molecule has 0 aliphatic heterocycles. The second kappa shape index (κ2) is 11.7. The summed E-state index contributed by atoms with van der Waals surface area (Å²) in [6, 6.07) is 13.5. The quantitative estimate of drug-likeness (QED) is 0.539. The minimum atomic E-state index is -4.54. The highest BCUT2D eigenvalue weighted by Crippen LogP contribution is 2.30. The smallest absolute Gasteiger partial charge is 0.416 e. The Bertz CT molecular complexity index is 987. The van der Waals surface area contributed by atoms with Gasteiger partial charge in [-0.15, -0.1) is 0 Å². The molecule has 182 valence electrons. The lowest BCUT2D eigenvalue weighted by Crippen LogP contribution is -2.38. The van der Waals surface area contributed by atoms with Gasteiger partial charge in [-0.3, -0.25) is 9.59 Å². The summed E-state index contributed by atoms with van der Waals surface area (Å²) in [7, 11) is 0. The molecule has 1 saturated carbocycles. The minimum absolute atomic E-state index is 0.0935. The van der Waals surface area contributed by atoms with Crippen LogP contribution in [0.4, 0.5) is 18.0 Å². The van der Waals surface area contributed by atoms with Gasteiger partial charge in [0.2, 0.25) is 5.91 Å². The molecule has 2 N–H and O–H groups in total. The highest BCUT2D eigenvalue weighted by atomic mass is 19.4. The van der Waals surface area contributed by atoms with Crippen molar-refractivity contribution in [3.63, 3.8) is 0 Å². The molecule has 0 radical (unpaired) electrons. The van der Waals surface area contributed by atoms with E-state index in [1.165, 1.54) is 12.1 Å². The van der Waals surface area contributed by atoms with E-state index in [4.69, 9.17) is 4.74 Å². The number of alkyl halides is 3. The lowest BCUT2D eigenvalue weighted by molar-refractivity contribution is -0.137. The number of benzene rings is 2. The van der Waals surface area contributed by atoms with E-state index in [1.54, 1.807) is 0 Å². The van der Waals surface area contributed by atoms with Crippen molar-refractivity contribution < 1.29 is 32.3 Å². The molecule has 1 fully saturated rings. The number of hydrogen-bond acceptors (Lipinski definition) is 4. The van der Waals surface area contributed by atoms with Gasteiger partial charge in [-0.1, -0.05) is 42.5 Å². The molecule has 34 heavy (non-hydrogen) atoms. The number of amides is 2. The Hall–Kier alpha value is -3.36. The van der Waals surface area contributed by atoms with Crippen LogP contribution in [0.1, 0.15) is 47.2 Å². The largest absolute Gasteiger partial charge is 0.445 e. The Morgan fingerprint density at radius 3 is 2.29 bits per heavy atom. The summed E-state index contributed by atoms with van der Waals surface area (Å²) in [5.74, 6) is -0.906. The van der Waals surface area contributed by atoms with Crippen molar-refractivity contribution in [2.24, 2.45) is 11.8 Å². The SMILES string of the molecule is O=C(NC[C@H]1CC[C@H](C(=O)NCC(=O)c2cccc(C(F)(F)F)c2)CC1)OCc1ccccc1. The molecule has 0 saturated heterocycles. The molecular weight excluding hydrogens is 449 g/mol. The van der Waals surface area contributed by atoms with Crippen LogP contribution in [0.3, 0.4) is 0 Å². The van der Waals surface area contributed by atoms with Crippen LogP contribution in [-0.4, -0.2) is 30.9 Å². The first-order valence-corrected chi connectivity index (χ1v) is 11.1. The maximum Gasteiger partial charge on any atom is 0.416 e. The number of alkyl carbamates (subject to hydrolysis) is 1. The van der Waals surface area contributed by atoms with Crippen molar-refractivity contribution in [1.29, 1.82) is 0 Å². The summed E-state index contributed by atoms with van der Waals surface area (Å²) < 4.78 is 43.6. The van der Waals surface area contributed by atoms with Crippen LogP contribution < -0.4 is 10.6 Å². The molecule has 0 bridgehead atoms. The molecule has 0 heterocycles. The second-order valence-corrected chi connectivity index (χ2v) is 8.38. The number of ether oxygens (including phenoxy) is 1. The number of carbonyl (C=O) groups excluding carboxylic acids is 3. The molecule has 6 nitrogen and oxygen atoms in total. The average Bonchev–Trinajstić information content (AvgIpc) is 2.85. The van der Waals surface area contributed by atoms with Gasteiger partial charge in [-0.05, 0) is 49.3 Å². The van der Waals surface area contributed by atoms with Gasteiger partial charge < -0.3 is 15.4 Å². The second-order valence-electron chi connectivity index (χ2n) is 8.38. The first-order valence-electron chi connectivity index (χ1n) is 11.1. The van der Waals surface area contributed by atoms with Crippen molar-refractivity contribution in [2.45, 2.75) is 38.5 Å². The summed E-state index contributed by atoms with van der Waals surface area (Å²) in [5, 5.41) is 5.30. The maximum absolute atomic E-state index is 12.8. The Morgan fingerprint density at radius 1 is 0.912 bits per heavy atom. The standard InChI is InChI=1S/C25H27F3N2O4/c26-25(27,28)21-8-4-7-20(13-21)22(31)15-29-23(32)19-11-9-17(10-12-19)14-30-24(33)34-16-18-5-2-1-3-6-18/h1-8,13,17,19H,9-12,14-16H2,(H,29,32)(H,30,33)/t17-,19-. The van der Waals surface area contributed by atoms with E-state index in [-0.39, 0.29) is 36.5 Å². The number of rotatable bonds is 8. The van der Waals surface area contributed by atoms with Crippen LogP contribution in [0.5, 0.6) is 0 Å².